The first-order chi connectivity index (χ1) is 11.6. The van der Waals surface area contributed by atoms with E-state index in [1.165, 1.54) is 25.7 Å². The van der Waals surface area contributed by atoms with Gasteiger partial charge in [-0.1, -0.05) is 37.8 Å². The van der Waals surface area contributed by atoms with Crippen molar-refractivity contribution in [1.82, 2.24) is 10.2 Å². The number of hydrogen-bond acceptors (Lipinski definition) is 3. The fraction of sp³-hybridized carbons (Fsp3) is 0.579. The lowest BCUT2D eigenvalue weighted by molar-refractivity contribution is -0.131. The van der Waals surface area contributed by atoms with Crippen LogP contribution in [0, 0.1) is 0 Å². The van der Waals surface area contributed by atoms with Crippen molar-refractivity contribution in [3.8, 4) is 5.75 Å². The van der Waals surface area contributed by atoms with Gasteiger partial charge in [-0.05, 0) is 25.0 Å². The van der Waals surface area contributed by atoms with Gasteiger partial charge in [0.05, 0.1) is 12.7 Å². The Morgan fingerprint density at radius 3 is 2.46 bits per heavy atom. The van der Waals surface area contributed by atoms with Crippen molar-refractivity contribution in [2.24, 2.45) is 0 Å². The fourth-order valence-electron chi connectivity index (χ4n) is 3.38. The van der Waals surface area contributed by atoms with Gasteiger partial charge in [-0.25, -0.2) is 0 Å². The maximum atomic E-state index is 12.3. The Morgan fingerprint density at radius 2 is 1.83 bits per heavy atom. The third-order valence-corrected chi connectivity index (χ3v) is 4.66. The van der Waals surface area contributed by atoms with Crippen LogP contribution in [-0.4, -0.2) is 43.0 Å². The van der Waals surface area contributed by atoms with E-state index in [4.69, 9.17) is 4.74 Å². The molecule has 0 heterocycles. The van der Waals surface area contributed by atoms with E-state index in [0.717, 1.165) is 12.8 Å². The van der Waals surface area contributed by atoms with E-state index in [-0.39, 0.29) is 11.8 Å². The number of amides is 2. The maximum absolute atomic E-state index is 12.3. The molecular weight excluding hydrogens is 304 g/mol. The number of nitrogens with one attached hydrogen (secondary N) is 1. The average Bonchev–Trinajstić information content (AvgIpc) is 2.87. The molecule has 1 saturated carbocycles. The lowest BCUT2D eigenvalue weighted by Gasteiger charge is -2.30. The second-order valence-electron chi connectivity index (χ2n) is 6.31. The number of benzene rings is 1. The number of nitrogens with zero attached hydrogens (tertiary/aromatic N) is 1. The highest BCUT2D eigenvalue weighted by Gasteiger charge is 2.22. The Bertz CT molecular complexity index is 551. The maximum Gasteiger partial charge on any atom is 0.255 e. The topological polar surface area (TPSA) is 58.6 Å². The van der Waals surface area contributed by atoms with E-state index in [1.54, 1.807) is 26.2 Å². The van der Waals surface area contributed by atoms with E-state index in [1.807, 2.05) is 17.0 Å². The first-order valence-corrected chi connectivity index (χ1v) is 8.82. The van der Waals surface area contributed by atoms with Crippen molar-refractivity contribution in [2.75, 3.05) is 20.2 Å². The van der Waals surface area contributed by atoms with Crippen LogP contribution in [0.2, 0.25) is 0 Å². The zero-order valence-electron chi connectivity index (χ0n) is 14.7. The highest BCUT2D eigenvalue weighted by Crippen LogP contribution is 2.22. The smallest absolute Gasteiger partial charge is 0.255 e. The minimum Gasteiger partial charge on any atom is -0.496 e. The minimum absolute atomic E-state index is 0.0911. The second-order valence-corrected chi connectivity index (χ2v) is 6.31. The van der Waals surface area contributed by atoms with Crippen molar-refractivity contribution in [3.63, 3.8) is 0 Å². The van der Waals surface area contributed by atoms with Gasteiger partial charge in [-0.15, -0.1) is 0 Å². The highest BCUT2D eigenvalue weighted by atomic mass is 16.5. The monoisotopic (exact) mass is 332 g/mol. The van der Waals surface area contributed by atoms with Crippen LogP contribution < -0.4 is 10.1 Å². The predicted molar refractivity (Wildman–Crippen MR) is 94.2 cm³/mol. The van der Waals surface area contributed by atoms with Crippen LogP contribution in [0.3, 0.4) is 0 Å². The van der Waals surface area contributed by atoms with Crippen molar-refractivity contribution in [2.45, 2.75) is 51.5 Å². The van der Waals surface area contributed by atoms with Crippen LogP contribution in [0.25, 0.3) is 0 Å². The van der Waals surface area contributed by atoms with Gasteiger partial charge >= 0.3 is 0 Å². The number of hydrogen-bond donors (Lipinski definition) is 1. The van der Waals surface area contributed by atoms with Gasteiger partial charge in [-0.2, -0.15) is 0 Å². The molecule has 0 atom stereocenters. The van der Waals surface area contributed by atoms with Crippen molar-refractivity contribution < 1.29 is 14.3 Å². The summed E-state index contributed by atoms with van der Waals surface area (Å²) in [6, 6.07) is 7.46. The summed E-state index contributed by atoms with van der Waals surface area (Å²) in [5.74, 6) is 0.479. The largest absolute Gasteiger partial charge is 0.496 e. The van der Waals surface area contributed by atoms with Gasteiger partial charge in [0.2, 0.25) is 5.91 Å². The molecule has 24 heavy (non-hydrogen) atoms. The molecule has 1 aliphatic carbocycles. The third kappa shape index (κ3) is 4.98. The van der Waals surface area contributed by atoms with Gasteiger partial charge in [0.15, 0.2) is 0 Å². The number of carbonyl (C=O) groups excluding carboxylic acids is 2. The molecule has 1 aromatic carbocycles. The van der Waals surface area contributed by atoms with Crippen molar-refractivity contribution in [3.05, 3.63) is 29.8 Å². The quantitative estimate of drug-likeness (QED) is 0.815. The molecule has 0 saturated heterocycles. The van der Waals surface area contributed by atoms with Crippen molar-refractivity contribution in [1.29, 1.82) is 0 Å². The molecule has 1 fully saturated rings. The van der Waals surface area contributed by atoms with E-state index >= 15 is 0 Å². The molecule has 0 unspecified atom stereocenters. The molecule has 5 heteroatoms. The van der Waals surface area contributed by atoms with E-state index < -0.39 is 0 Å². The summed E-state index contributed by atoms with van der Waals surface area (Å²) in [5.41, 5.74) is 0.517. The fourth-order valence-corrected chi connectivity index (χ4v) is 3.38. The minimum atomic E-state index is -0.170. The third-order valence-electron chi connectivity index (χ3n) is 4.66. The van der Waals surface area contributed by atoms with Gasteiger partial charge in [0.25, 0.3) is 5.91 Å². The average molecular weight is 332 g/mol. The summed E-state index contributed by atoms with van der Waals surface area (Å²) >= 11 is 0. The zero-order valence-corrected chi connectivity index (χ0v) is 14.7. The van der Waals surface area contributed by atoms with E-state index in [9.17, 15) is 9.59 Å². The Labute approximate surface area is 144 Å². The normalized spacial score (nSPS) is 15.4. The molecule has 5 nitrogen and oxygen atoms in total. The van der Waals surface area contributed by atoms with E-state index in [0.29, 0.717) is 30.4 Å². The van der Waals surface area contributed by atoms with Crippen LogP contribution in [0.5, 0.6) is 5.75 Å². The number of para-hydroxylation sites is 1. The van der Waals surface area contributed by atoms with Crippen molar-refractivity contribution >= 4 is 11.8 Å². The number of methoxy groups -OCH3 is 1. The molecule has 1 aromatic rings. The summed E-state index contributed by atoms with van der Waals surface area (Å²) in [5, 5.41) is 2.90. The van der Waals surface area contributed by atoms with Crippen LogP contribution in [0.1, 0.15) is 55.8 Å². The summed E-state index contributed by atoms with van der Waals surface area (Å²) < 4.78 is 5.22. The lowest BCUT2D eigenvalue weighted by Crippen LogP contribution is -2.43. The Kier molecular flexibility index (Phi) is 7.09. The molecule has 0 aromatic heterocycles. The number of rotatable bonds is 6. The van der Waals surface area contributed by atoms with Crippen LogP contribution in [-0.2, 0) is 4.79 Å². The zero-order chi connectivity index (χ0) is 17.4. The highest BCUT2D eigenvalue weighted by molar-refractivity contribution is 5.96. The standard InChI is InChI=1S/C19H28N2O3/c1-15(22)21(16-9-5-3-4-6-10-16)14-13-20-19(23)17-11-7-8-12-18(17)24-2/h7-8,11-12,16H,3-6,9-10,13-14H2,1-2H3,(H,20,23). The molecule has 2 rings (SSSR count). The van der Waals surface area contributed by atoms with E-state index in [2.05, 4.69) is 5.32 Å². The van der Waals surface area contributed by atoms with Gasteiger partial charge < -0.3 is 15.0 Å². The van der Waals surface area contributed by atoms with Crippen LogP contribution in [0.15, 0.2) is 24.3 Å². The molecule has 1 N–H and O–H groups in total. The van der Waals surface area contributed by atoms with Gasteiger partial charge in [0, 0.05) is 26.1 Å². The first-order valence-electron chi connectivity index (χ1n) is 8.82. The lowest BCUT2D eigenvalue weighted by atomic mass is 10.1. The molecule has 132 valence electrons. The summed E-state index contributed by atoms with van der Waals surface area (Å²) in [6.07, 6.45) is 7.02. The molecule has 0 radical (unpaired) electrons. The van der Waals surface area contributed by atoms with Crippen LogP contribution >= 0.6 is 0 Å². The van der Waals surface area contributed by atoms with Gasteiger partial charge in [-0.3, -0.25) is 9.59 Å². The molecule has 0 bridgehead atoms. The van der Waals surface area contributed by atoms with Crippen LogP contribution in [0.4, 0.5) is 0 Å². The predicted octanol–water partition coefficient (Wildman–Crippen LogP) is 3.00. The SMILES string of the molecule is COc1ccccc1C(=O)NCCN(C(C)=O)C1CCCCCC1. The Morgan fingerprint density at radius 1 is 1.17 bits per heavy atom. The number of ether oxygens (including phenoxy) is 1. The second kappa shape index (κ2) is 9.30. The molecular formula is C19H28N2O3. The summed E-state index contributed by atoms with van der Waals surface area (Å²) in [6.45, 7) is 2.63. The summed E-state index contributed by atoms with van der Waals surface area (Å²) in [4.78, 5) is 26.2. The first kappa shape index (κ1) is 18.3. The molecule has 0 spiro atoms. The summed E-state index contributed by atoms with van der Waals surface area (Å²) in [7, 11) is 1.55. The van der Waals surface area contributed by atoms with Gasteiger partial charge in [0.1, 0.15) is 5.75 Å². The molecule has 2 amide bonds. The molecule has 0 aliphatic heterocycles. The Hall–Kier alpha value is -2.04. The molecule has 1 aliphatic rings. The number of carbonyl (C=O) groups is 2. The Balaban J connectivity index is 1.90.